The highest BCUT2D eigenvalue weighted by Gasteiger charge is 2.48. The van der Waals surface area contributed by atoms with Crippen LogP contribution < -0.4 is 5.32 Å². The van der Waals surface area contributed by atoms with Gasteiger partial charge in [0.15, 0.2) is 0 Å². The Balaban J connectivity index is 0.000000315. The summed E-state index contributed by atoms with van der Waals surface area (Å²) >= 11 is 0. The summed E-state index contributed by atoms with van der Waals surface area (Å²) in [4.78, 5) is 3.94. The Bertz CT molecular complexity index is 354. The maximum Gasteiger partial charge on any atom is 0.0949 e. The Kier molecular flexibility index (Phi) is 7.11. The van der Waals surface area contributed by atoms with E-state index in [2.05, 4.69) is 42.3 Å². The maximum atomic E-state index is 7.90. The van der Waals surface area contributed by atoms with E-state index in [1.54, 1.807) is 26.3 Å². The predicted molar refractivity (Wildman–Crippen MR) is 89.3 cm³/mol. The molecular weight excluding hydrogens is 262 g/mol. The van der Waals surface area contributed by atoms with Gasteiger partial charge < -0.3 is 5.32 Å². The summed E-state index contributed by atoms with van der Waals surface area (Å²) in [6.45, 7) is 12.2. The van der Waals surface area contributed by atoms with Crippen molar-refractivity contribution in [2.24, 2.45) is 11.3 Å². The third-order valence-corrected chi connectivity index (χ3v) is 4.20. The van der Waals surface area contributed by atoms with Crippen LogP contribution in [0.2, 0.25) is 0 Å². The molecule has 2 fully saturated rings. The lowest BCUT2D eigenvalue weighted by atomic mass is 9.56. The molecule has 21 heavy (non-hydrogen) atoms. The molecule has 0 unspecified atom stereocenters. The SMILES string of the molecule is C/C=C(\C=C/CCC)C1CC2(CNC2)C1.CC(C)(C)OO. The average Bonchev–Trinajstić information content (AvgIpc) is 2.33. The fourth-order valence-corrected chi connectivity index (χ4v) is 2.84. The van der Waals surface area contributed by atoms with Crippen molar-refractivity contribution >= 4 is 0 Å². The highest BCUT2D eigenvalue weighted by molar-refractivity contribution is 5.26. The molecule has 0 aromatic rings. The second kappa shape index (κ2) is 8.11. The molecule has 1 saturated heterocycles. The van der Waals surface area contributed by atoms with Gasteiger partial charge in [-0.3, -0.25) is 5.26 Å². The summed E-state index contributed by atoms with van der Waals surface area (Å²) in [6.07, 6.45) is 12.3. The van der Waals surface area contributed by atoms with E-state index < -0.39 is 5.60 Å². The van der Waals surface area contributed by atoms with Crippen LogP contribution in [-0.2, 0) is 4.89 Å². The second-order valence-corrected chi connectivity index (χ2v) is 7.39. The summed E-state index contributed by atoms with van der Waals surface area (Å²) in [7, 11) is 0. The molecule has 122 valence electrons. The van der Waals surface area contributed by atoms with Crippen molar-refractivity contribution in [1.29, 1.82) is 0 Å². The van der Waals surface area contributed by atoms with Gasteiger partial charge in [0.1, 0.15) is 0 Å². The Morgan fingerprint density at radius 3 is 2.24 bits per heavy atom. The van der Waals surface area contributed by atoms with E-state index in [9.17, 15) is 0 Å². The van der Waals surface area contributed by atoms with Crippen LogP contribution in [0, 0.1) is 11.3 Å². The molecule has 2 N–H and O–H groups in total. The molecule has 1 heterocycles. The molecule has 3 nitrogen and oxygen atoms in total. The topological polar surface area (TPSA) is 41.5 Å². The molecule has 0 amide bonds. The second-order valence-electron chi connectivity index (χ2n) is 7.39. The van der Waals surface area contributed by atoms with Crippen molar-refractivity contribution in [3.63, 3.8) is 0 Å². The van der Waals surface area contributed by atoms with Gasteiger partial charge in [0.25, 0.3) is 0 Å². The van der Waals surface area contributed by atoms with Crippen molar-refractivity contribution in [1.82, 2.24) is 5.32 Å². The maximum absolute atomic E-state index is 7.90. The minimum atomic E-state index is -0.403. The van der Waals surface area contributed by atoms with E-state index in [4.69, 9.17) is 5.26 Å². The average molecular weight is 295 g/mol. The van der Waals surface area contributed by atoms with Crippen molar-refractivity contribution in [3.05, 3.63) is 23.8 Å². The standard InChI is InChI=1S/C14H23N.C4H10O2/c1-3-5-6-7-12(4-2)13-8-14(9-13)10-15-11-14;1-4(2,3)6-5/h4,6-7,13,15H,3,5,8-11H2,1-2H3;5H,1-3H3/b7-6-,12-4+;. The zero-order valence-electron chi connectivity index (χ0n) is 14.4. The van der Waals surface area contributed by atoms with Crippen LogP contribution in [0.3, 0.4) is 0 Å². The van der Waals surface area contributed by atoms with Crippen LogP contribution in [0.1, 0.15) is 60.3 Å². The number of allylic oxidation sites excluding steroid dienone is 4. The van der Waals surface area contributed by atoms with Crippen LogP contribution in [0.15, 0.2) is 23.8 Å². The molecule has 0 bridgehead atoms. The van der Waals surface area contributed by atoms with E-state index >= 15 is 0 Å². The van der Waals surface area contributed by atoms with Crippen LogP contribution >= 0.6 is 0 Å². The third kappa shape index (κ3) is 5.93. The molecule has 1 saturated carbocycles. The zero-order chi connectivity index (χ0) is 15.9. The lowest BCUT2D eigenvalue weighted by Crippen LogP contribution is -2.60. The molecule has 0 aromatic heterocycles. The fourth-order valence-electron chi connectivity index (χ4n) is 2.84. The molecule has 3 heteroatoms. The zero-order valence-corrected chi connectivity index (χ0v) is 14.4. The van der Waals surface area contributed by atoms with E-state index in [1.807, 2.05) is 0 Å². The van der Waals surface area contributed by atoms with Gasteiger partial charge in [0.05, 0.1) is 5.60 Å². The van der Waals surface area contributed by atoms with Gasteiger partial charge in [0.2, 0.25) is 0 Å². The minimum absolute atomic E-state index is 0.403. The van der Waals surface area contributed by atoms with E-state index in [0.29, 0.717) is 5.41 Å². The van der Waals surface area contributed by atoms with E-state index in [1.165, 1.54) is 38.8 Å². The number of hydrogen-bond donors (Lipinski definition) is 2. The monoisotopic (exact) mass is 295 g/mol. The van der Waals surface area contributed by atoms with Crippen molar-refractivity contribution in [2.75, 3.05) is 13.1 Å². The normalized spacial score (nSPS) is 21.7. The van der Waals surface area contributed by atoms with Gasteiger partial charge in [0, 0.05) is 13.1 Å². The summed E-state index contributed by atoms with van der Waals surface area (Å²) in [6, 6.07) is 0. The van der Waals surface area contributed by atoms with Gasteiger partial charge >= 0.3 is 0 Å². The fraction of sp³-hybridized carbons (Fsp3) is 0.778. The van der Waals surface area contributed by atoms with E-state index in [0.717, 1.165) is 5.92 Å². The molecule has 2 aliphatic rings. The smallest absolute Gasteiger partial charge is 0.0949 e. The van der Waals surface area contributed by atoms with Crippen molar-refractivity contribution in [2.45, 2.75) is 65.9 Å². The summed E-state index contributed by atoms with van der Waals surface area (Å²) in [5, 5.41) is 11.3. The molecule has 0 atom stereocenters. The van der Waals surface area contributed by atoms with Gasteiger partial charge in [-0.15, -0.1) is 0 Å². The Hall–Kier alpha value is -0.640. The molecule has 1 aliphatic heterocycles. The number of unbranched alkanes of at least 4 members (excludes halogenated alkanes) is 1. The summed E-state index contributed by atoms with van der Waals surface area (Å²) < 4.78 is 0. The van der Waals surface area contributed by atoms with Crippen molar-refractivity contribution < 1.29 is 10.1 Å². The van der Waals surface area contributed by atoms with E-state index in [-0.39, 0.29) is 0 Å². The molecule has 0 aromatic carbocycles. The van der Waals surface area contributed by atoms with Crippen molar-refractivity contribution in [3.8, 4) is 0 Å². The highest BCUT2D eigenvalue weighted by Crippen LogP contribution is 2.51. The van der Waals surface area contributed by atoms with Crippen LogP contribution in [0.25, 0.3) is 0 Å². The first-order valence-electron chi connectivity index (χ1n) is 8.22. The molecule has 0 radical (unpaired) electrons. The van der Waals surface area contributed by atoms with Gasteiger partial charge in [-0.2, -0.15) is 0 Å². The van der Waals surface area contributed by atoms with Crippen LogP contribution in [0.5, 0.6) is 0 Å². The predicted octanol–water partition coefficient (Wildman–Crippen LogP) is 4.56. The first kappa shape index (κ1) is 18.4. The van der Waals surface area contributed by atoms with Gasteiger partial charge in [-0.25, -0.2) is 4.89 Å². The van der Waals surface area contributed by atoms with Gasteiger partial charge in [-0.05, 0) is 63.9 Å². The molecule has 1 aliphatic carbocycles. The Morgan fingerprint density at radius 1 is 1.33 bits per heavy atom. The Morgan fingerprint density at radius 2 is 1.90 bits per heavy atom. The number of rotatable bonds is 4. The van der Waals surface area contributed by atoms with Crippen LogP contribution in [-0.4, -0.2) is 23.9 Å². The lowest BCUT2D eigenvalue weighted by Gasteiger charge is -2.55. The summed E-state index contributed by atoms with van der Waals surface area (Å²) in [5.41, 5.74) is 1.87. The third-order valence-electron chi connectivity index (χ3n) is 4.20. The first-order chi connectivity index (χ1) is 9.86. The lowest BCUT2D eigenvalue weighted by molar-refractivity contribution is -0.306. The quantitative estimate of drug-likeness (QED) is 0.454. The largest absolute Gasteiger partial charge is 0.316 e. The molecular formula is C18H33NO2. The highest BCUT2D eigenvalue weighted by atomic mass is 17.1. The number of hydrogen-bond acceptors (Lipinski definition) is 3. The van der Waals surface area contributed by atoms with Crippen LogP contribution in [0.4, 0.5) is 0 Å². The Labute approximate surface area is 130 Å². The minimum Gasteiger partial charge on any atom is -0.316 e. The first-order valence-corrected chi connectivity index (χ1v) is 8.22. The summed E-state index contributed by atoms with van der Waals surface area (Å²) in [5.74, 6) is 0.852. The molecule has 1 spiro atoms. The van der Waals surface area contributed by atoms with Gasteiger partial charge in [-0.1, -0.05) is 31.6 Å². The molecule has 2 rings (SSSR count). The number of nitrogens with one attached hydrogen (secondary N) is 1.